The lowest BCUT2D eigenvalue weighted by atomic mass is 9.82. The average molecular weight is 574 g/mol. The van der Waals surface area contributed by atoms with E-state index in [1.54, 1.807) is 4.90 Å². The third-order valence-electron chi connectivity index (χ3n) is 8.43. The van der Waals surface area contributed by atoms with E-state index < -0.39 is 0 Å². The number of Topliss-reactive ketones (excluding diaryl/α,β-unsaturated/α-hetero) is 1. The predicted octanol–water partition coefficient (Wildman–Crippen LogP) is 5.35. The second-order valence-corrected chi connectivity index (χ2v) is 12.0. The molecular formula is C31H42Cl2N4O2. The smallest absolute Gasteiger partial charge is 0.242 e. The molecule has 0 spiro atoms. The molecule has 6 nitrogen and oxygen atoms in total. The Balaban J connectivity index is 1.38. The van der Waals surface area contributed by atoms with E-state index in [1.807, 2.05) is 62.6 Å². The van der Waals surface area contributed by atoms with Crippen LogP contribution in [0, 0.1) is 0 Å². The van der Waals surface area contributed by atoms with Crippen molar-refractivity contribution in [2.45, 2.75) is 50.0 Å². The van der Waals surface area contributed by atoms with E-state index in [2.05, 4.69) is 15.1 Å². The van der Waals surface area contributed by atoms with Crippen LogP contribution in [0.25, 0.3) is 0 Å². The number of piperidine rings is 2. The van der Waals surface area contributed by atoms with Crippen LogP contribution in [0.15, 0.2) is 48.5 Å². The molecule has 0 aromatic heterocycles. The SMILES string of the molecule is CN(C)C(=O)C1(N2CCCCC2)CCN(CCC(CNCC(=O)c2ccccc2)c2ccc(Cl)c(Cl)c2)CC1. The molecule has 2 saturated heterocycles. The van der Waals surface area contributed by atoms with Crippen molar-refractivity contribution in [2.75, 3.05) is 59.9 Å². The molecule has 0 bridgehead atoms. The Morgan fingerprint density at radius 1 is 0.949 bits per heavy atom. The van der Waals surface area contributed by atoms with Crippen molar-refractivity contribution in [2.24, 2.45) is 0 Å². The molecule has 1 unspecified atom stereocenters. The number of nitrogens with one attached hydrogen (secondary N) is 1. The van der Waals surface area contributed by atoms with Crippen LogP contribution < -0.4 is 5.32 Å². The highest BCUT2D eigenvalue weighted by molar-refractivity contribution is 6.42. The zero-order valence-electron chi connectivity index (χ0n) is 23.3. The standard InChI is InChI=1S/C31H42Cl2N4O2/c1-35(2)30(39)31(37-16-7-4-8-17-37)14-19-36(20-15-31)18-13-26(25-11-12-27(32)28(33)21-25)22-34-23-29(38)24-9-5-3-6-10-24/h3,5-6,9-12,21,26,34H,4,7-8,13-20,22-23H2,1-2H3. The summed E-state index contributed by atoms with van der Waals surface area (Å²) in [5.74, 6) is 0.518. The maximum atomic E-state index is 13.4. The summed E-state index contributed by atoms with van der Waals surface area (Å²) in [5, 5.41) is 4.48. The van der Waals surface area contributed by atoms with E-state index in [4.69, 9.17) is 23.2 Å². The molecule has 0 saturated carbocycles. The number of likely N-dealkylation sites (tertiary alicyclic amines) is 2. The minimum absolute atomic E-state index is 0.0825. The number of amides is 1. The third-order valence-corrected chi connectivity index (χ3v) is 9.17. The summed E-state index contributed by atoms with van der Waals surface area (Å²) in [6, 6.07) is 15.2. The van der Waals surface area contributed by atoms with E-state index in [-0.39, 0.29) is 29.7 Å². The van der Waals surface area contributed by atoms with Crippen molar-refractivity contribution in [3.05, 3.63) is 69.7 Å². The molecule has 2 aromatic rings. The number of hydrogen-bond acceptors (Lipinski definition) is 5. The number of nitrogens with zero attached hydrogens (tertiary/aromatic N) is 3. The number of hydrogen-bond donors (Lipinski definition) is 1. The van der Waals surface area contributed by atoms with Gasteiger partial charge in [-0.25, -0.2) is 0 Å². The van der Waals surface area contributed by atoms with Gasteiger partial charge in [0.2, 0.25) is 5.91 Å². The fourth-order valence-electron chi connectivity index (χ4n) is 6.13. The Hall–Kier alpha value is -1.96. The predicted molar refractivity (Wildman–Crippen MR) is 160 cm³/mol. The van der Waals surface area contributed by atoms with Crippen LogP contribution in [-0.2, 0) is 4.79 Å². The number of ketones is 1. The molecule has 8 heteroatoms. The van der Waals surface area contributed by atoms with Crippen LogP contribution in [-0.4, -0.2) is 91.8 Å². The van der Waals surface area contributed by atoms with E-state index in [1.165, 1.54) is 19.3 Å². The second kappa shape index (κ2) is 14.1. The number of benzene rings is 2. The number of rotatable bonds is 11. The molecule has 2 aliphatic rings. The molecular weight excluding hydrogens is 531 g/mol. The lowest BCUT2D eigenvalue weighted by molar-refractivity contribution is -0.147. The molecule has 1 atom stereocenters. The Labute approximate surface area is 243 Å². The van der Waals surface area contributed by atoms with Gasteiger partial charge < -0.3 is 15.1 Å². The van der Waals surface area contributed by atoms with Crippen LogP contribution in [0.1, 0.15) is 60.4 Å². The van der Waals surface area contributed by atoms with Gasteiger partial charge >= 0.3 is 0 Å². The van der Waals surface area contributed by atoms with E-state index in [9.17, 15) is 9.59 Å². The van der Waals surface area contributed by atoms with Gasteiger partial charge in [0.1, 0.15) is 5.54 Å². The Kier molecular flexibility index (Phi) is 10.8. The monoisotopic (exact) mass is 572 g/mol. The largest absolute Gasteiger partial charge is 0.347 e. The number of carbonyl (C=O) groups excluding carboxylic acids is 2. The summed E-state index contributed by atoms with van der Waals surface area (Å²) in [5.41, 5.74) is 1.46. The summed E-state index contributed by atoms with van der Waals surface area (Å²) >= 11 is 12.6. The average Bonchev–Trinajstić information content (AvgIpc) is 2.97. The lowest BCUT2D eigenvalue weighted by Crippen LogP contribution is -2.64. The highest BCUT2D eigenvalue weighted by Crippen LogP contribution is 2.34. The summed E-state index contributed by atoms with van der Waals surface area (Å²) in [4.78, 5) is 32.8. The molecule has 212 valence electrons. The van der Waals surface area contributed by atoms with Crippen LogP contribution >= 0.6 is 23.2 Å². The van der Waals surface area contributed by atoms with Gasteiger partial charge in [-0.05, 0) is 75.4 Å². The number of likely N-dealkylation sites (N-methyl/N-ethyl adjacent to an activating group) is 1. The maximum Gasteiger partial charge on any atom is 0.242 e. The molecule has 1 N–H and O–H groups in total. The molecule has 2 heterocycles. The normalized spacial score (nSPS) is 19.0. The van der Waals surface area contributed by atoms with Gasteiger partial charge in [-0.3, -0.25) is 14.5 Å². The zero-order valence-corrected chi connectivity index (χ0v) is 24.8. The molecule has 0 radical (unpaired) electrons. The first kappa shape index (κ1) is 30.0. The summed E-state index contributed by atoms with van der Waals surface area (Å²) < 4.78 is 0. The first-order valence-electron chi connectivity index (χ1n) is 14.2. The molecule has 2 aromatic carbocycles. The third kappa shape index (κ3) is 7.62. The van der Waals surface area contributed by atoms with Crippen molar-refractivity contribution >= 4 is 34.9 Å². The summed E-state index contributed by atoms with van der Waals surface area (Å²) in [6.07, 6.45) is 6.27. The number of halogens is 2. The van der Waals surface area contributed by atoms with Crippen LogP contribution in [0.3, 0.4) is 0 Å². The van der Waals surface area contributed by atoms with Gasteiger partial charge in [-0.2, -0.15) is 0 Å². The van der Waals surface area contributed by atoms with Crippen molar-refractivity contribution in [1.82, 2.24) is 20.0 Å². The quantitative estimate of drug-likeness (QED) is 0.368. The fourth-order valence-corrected chi connectivity index (χ4v) is 6.43. The Morgan fingerprint density at radius 3 is 2.28 bits per heavy atom. The fraction of sp³-hybridized carbons (Fsp3) is 0.548. The molecule has 2 aliphatic heterocycles. The van der Waals surface area contributed by atoms with Crippen molar-refractivity contribution < 1.29 is 9.59 Å². The van der Waals surface area contributed by atoms with E-state index in [0.717, 1.165) is 57.5 Å². The van der Waals surface area contributed by atoms with Crippen molar-refractivity contribution in [3.8, 4) is 0 Å². The molecule has 2 fully saturated rings. The first-order chi connectivity index (χ1) is 18.8. The van der Waals surface area contributed by atoms with E-state index >= 15 is 0 Å². The molecule has 39 heavy (non-hydrogen) atoms. The topological polar surface area (TPSA) is 55.9 Å². The van der Waals surface area contributed by atoms with E-state index in [0.29, 0.717) is 22.2 Å². The molecule has 4 rings (SSSR count). The highest BCUT2D eigenvalue weighted by Gasteiger charge is 2.47. The summed E-state index contributed by atoms with van der Waals surface area (Å²) in [6.45, 7) is 5.73. The molecule has 0 aliphatic carbocycles. The Bertz CT molecular complexity index is 1100. The van der Waals surface area contributed by atoms with Gasteiger partial charge in [0, 0.05) is 39.3 Å². The van der Waals surface area contributed by atoms with Gasteiger partial charge in [0.15, 0.2) is 5.78 Å². The van der Waals surface area contributed by atoms with Gasteiger partial charge in [0.05, 0.1) is 16.6 Å². The lowest BCUT2D eigenvalue weighted by Gasteiger charge is -2.50. The van der Waals surface area contributed by atoms with Crippen LogP contribution in [0.2, 0.25) is 10.0 Å². The number of carbonyl (C=O) groups is 2. The van der Waals surface area contributed by atoms with Gasteiger partial charge in [-0.1, -0.05) is 66.0 Å². The minimum atomic E-state index is -0.372. The summed E-state index contributed by atoms with van der Waals surface area (Å²) in [7, 11) is 3.77. The maximum absolute atomic E-state index is 13.4. The second-order valence-electron chi connectivity index (χ2n) is 11.2. The first-order valence-corrected chi connectivity index (χ1v) is 15.0. The molecule has 1 amide bonds. The van der Waals surface area contributed by atoms with Crippen molar-refractivity contribution in [1.29, 1.82) is 0 Å². The van der Waals surface area contributed by atoms with Gasteiger partial charge in [-0.15, -0.1) is 0 Å². The highest BCUT2D eigenvalue weighted by atomic mass is 35.5. The minimum Gasteiger partial charge on any atom is -0.347 e. The van der Waals surface area contributed by atoms with Crippen molar-refractivity contribution in [3.63, 3.8) is 0 Å². The van der Waals surface area contributed by atoms with Crippen LogP contribution in [0.4, 0.5) is 0 Å². The zero-order chi connectivity index (χ0) is 27.8. The van der Waals surface area contributed by atoms with Gasteiger partial charge in [0.25, 0.3) is 0 Å². The van der Waals surface area contributed by atoms with Crippen LogP contribution in [0.5, 0.6) is 0 Å². The Morgan fingerprint density at radius 2 is 1.64 bits per heavy atom.